The van der Waals surface area contributed by atoms with Crippen molar-refractivity contribution in [3.8, 4) is 0 Å². The minimum Gasteiger partial charge on any atom is -0.326 e. The normalized spacial score (nSPS) is 12.9. The molecule has 0 unspecified atom stereocenters. The molecule has 0 atom stereocenters. The molecule has 1 aromatic rings. The number of hydrogen-bond acceptors (Lipinski definition) is 1. The molecule has 0 heterocycles. The van der Waals surface area contributed by atoms with E-state index in [2.05, 4.69) is 59.7 Å². The van der Waals surface area contributed by atoms with Gasteiger partial charge in [0.2, 0.25) is 0 Å². The molecule has 16 heavy (non-hydrogen) atoms. The second kappa shape index (κ2) is 4.21. The molecule has 0 radical (unpaired) electrons. The lowest BCUT2D eigenvalue weighted by molar-refractivity contribution is 0.555. The van der Waals surface area contributed by atoms with Gasteiger partial charge in [0.15, 0.2) is 0 Å². The molecule has 1 rings (SSSR count). The minimum atomic E-state index is 0.163. The first-order valence-corrected chi connectivity index (χ1v) is 6.01. The molecule has 0 spiro atoms. The van der Waals surface area contributed by atoms with Crippen molar-refractivity contribution in [2.75, 3.05) is 0 Å². The second-order valence-electron chi connectivity index (χ2n) is 6.54. The third kappa shape index (κ3) is 2.65. The molecule has 0 amide bonds. The van der Waals surface area contributed by atoms with Crippen molar-refractivity contribution in [3.05, 3.63) is 34.9 Å². The zero-order valence-corrected chi connectivity index (χ0v) is 11.5. The van der Waals surface area contributed by atoms with Gasteiger partial charge in [-0.2, -0.15) is 0 Å². The summed E-state index contributed by atoms with van der Waals surface area (Å²) in [7, 11) is 0. The van der Waals surface area contributed by atoms with Crippen LogP contribution in [0.3, 0.4) is 0 Å². The summed E-state index contributed by atoms with van der Waals surface area (Å²) < 4.78 is 0. The Labute approximate surface area is 100 Å². The van der Waals surface area contributed by atoms with E-state index in [1.165, 1.54) is 16.7 Å². The molecule has 0 aliphatic rings. The molecular weight excluding hydrogens is 194 g/mol. The zero-order valence-electron chi connectivity index (χ0n) is 11.5. The zero-order chi connectivity index (χ0) is 12.6. The second-order valence-corrected chi connectivity index (χ2v) is 6.54. The van der Waals surface area contributed by atoms with Gasteiger partial charge in [-0.25, -0.2) is 0 Å². The lowest BCUT2D eigenvalue weighted by Gasteiger charge is -2.29. The Morgan fingerprint density at radius 2 is 1.25 bits per heavy atom. The Morgan fingerprint density at radius 3 is 1.50 bits per heavy atom. The van der Waals surface area contributed by atoms with Crippen molar-refractivity contribution < 1.29 is 0 Å². The molecular formula is C15H25N. The Morgan fingerprint density at radius 1 is 0.875 bits per heavy atom. The highest BCUT2D eigenvalue weighted by Gasteiger charge is 2.23. The molecule has 0 bridgehead atoms. The van der Waals surface area contributed by atoms with E-state index in [9.17, 15) is 0 Å². The van der Waals surface area contributed by atoms with E-state index in [-0.39, 0.29) is 10.8 Å². The maximum absolute atomic E-state index is 5.94. The van der Waals surface area contributed by atoms with Crippen molar-refractivity contribution in [2.24, 2.45) is 5.73 Å². The fourth-order valence-electron chi connectivity index (χ4n) is 2.21. The Bertz CT molecular complexity index is 332. The molecule has 90 valence electrons. The van der Waals surface area contributed by atoms with Gasteiger partial charge >= 0.3 is 0 Å². The van der Waals surface area contributed by atoms with Gasteiger partial charge in [-0.15, -0.1) is 0 Å². The van der Waals surface area contributed by atoms with Crippen molar-refractivity contribution in [1.82, 2.24) is 0 Å². The fourth-order valence-corrected chi connectivity index (χ4v) is 2.21. The lowest BCUT2D eigenvalue weighted by Crippen LogP contribution is -2.22. The van der Waals surface area contributed by atoms with Crippen LogP contribution in [0.25, 0.3) is 0 Å². The maximum atomic E-state index is 5.94. The minimum absolute atomic E-state index is 0.163. The summed E-state index contributed by atoms with van der Waals surface area (Å²) in [6, 6.07) is 6.56. The largest absolute Gasteiger partial charge is 0.326 e. The van der Waals surface area contributed by atoms with E-state index in [1.807, 2.05) is 0 Å². The van der Waals surface area contributed by atoms with E-state index in [0.717, 1.165) is 0 Å². The first kappa shape index (κ1) is 13.2. The third-order valence-electron chi connectivity index (χ3n) is 3.00. The predicted octanol–water partition coefficient (Wildman–Crippen LogP) is 3.74. The SMILES string of the molecule is CC(C)(C)c1cccc(C(C)(C)C)c1CN. The molecule has 1 nitrogen and oxygen atoms in total. The Hall–Kier alpha value is -0.820. The third-order valence-corrected chi connectivity index (χ3v) is 3.00. The summed E-state index contributed by atoms with van der Waals surface area (Å²) in [5.41, 5.74) is 10.3. The Kier molecular flexibility index (Phi) is 3.49. The summed E-state index contributed by atoms with van der Waals surface area (Å²) >= 11 is 0. The van der Waals surface area contributed by atoms with Crippen LogP contribution < -0.4 is 5.73 Å². The first-order valence-electron chi connectivity index (χ1n) is 6.01. The van der Waals surface area contributed by atoms with Gasteiger partial charge in [0.25, 0.3) is 0 Å². The summed E-state index contributed by atoms with van der Waals surface area (Å²) in [4.78, 5) is 0. The van der Waals surface area contributed by atoms with Crippen LogP contribution in [0, 0.1) is 0 Å². The van der Waals surface area contributed by atoms with Crippen molar-refractivity contribution >= 4 is 0 Å². The van der Waals surface area contributed by atoms with E-state index in [0.29, 0.717) is 6.54 Å². The van der Waals surface area contributed by atoms with Gasteiger partial charge in [0.1, 0.15) is 0 Å². The quantitative estimate of drug-likeness (QED) is 0.765. The summed E-state index contributed by atoms with van der Waals surface area (Å²) in [5.74, 6) is 0. The van der Waals surface area contributed by atoms with Gasteiger partial charge < -0.3 is 5.73 Å². The molecule has 0 aliphatic heterocycles. The molecule has 0 saturated carbocycles. The maximum Gasteiger partial charge on any atom is 0.0184 e. The molecule has 1 aromatic carbocycles. The summed E-state index contributed by atoms with van der Waals surface area (Å²) in [6.07, 6.45) is 0. The standard InChI is InChI=1S/C15H25N/c1-14(2,3)12-8-7-9-13(11(12)10-16)15(4,5)6/h7-9H,10,16H2,1-6H3. The Balaban J connectivity index is 3.45. The van der Waals surface area contributed by atoms with Crippen LogP contribution in [-0.2, 0) is 17.4 Å². The van der Waals surface area contributed by atoms with E-state index >= 15 is 0 Å². The first-order chi connectivity index (χ1) is 7.18. The van der Waals surface area contributed by atoms with Crippen LogP contribution in [0.1, 0.15) is 58.2 Å². The van der Waals surface area contributed by atoms with E-state index in [4.69, 9.17) is 5.73 Å². The van der Waals surface area contributed by atoms with Crippen molar-refractivity contribution in [3.63, 3.8) is 0 Å². The monoisotopic (exact) mass is 219 g/mol. The van der Waals surface area contributed by atoms with Crippen LogP contribution in [0.4, 0.5) is 0 Å². The molecule has 0 saturated heterocycles. The smallest absolute Gasteiger partial charge is 0.0184 e. The van der Waals surface area contributed by atoms with E-state index < -0.39 is 0 Å². The summed E-state index contributed by atoms with van der Waals surface area (Å²) in [5, 5.41) is 0. The number of benzene rings is 1. The molecule has 0 aromatic heterocycles. The average Bonchev–Trinajstić information content (AvgIpc) is 2.13. The van der Waals surface area contributed by atoms with Gasteiger partial charge in [0, 0.05) is 6.54 Å². The predicted molar refractivity (Wildman–Crippen MR) is 71.7 cm³/mol. The van der Waals surface area contributed by atoms with Crippen LogP contribution >= 0.6 is 0 Å². The number of nitrogens with two attached hydrogens (primary N) is 1. The van der Waals surface area contributed by atoms with Crippen LogP contribution in [0.2, 0.25) is 0 Å². The summed E-state index contributed by atoms with van der Waals surface area (Å²) in [6.45, 7) is 14.1. The molecule has 0 aliphatic carbocycles. The fraction of sp³-hybridized carbons (Fsp3) is 0.600. The van der Waals surface area contributed by atoms with Crippen molar-refractivity contribution in [2.45, 2.75) is 58.9 Å². The van der Waals surface area contributed by atoms with Crippen LogP contribution in [-0.4, -0.2) is 0 Å². The number of hydrogen-bond donors (Lipinski definition) is 1. The molecule has 2 N–H and O–H groups in total. The molecule has 1 heteroatoms. The van der Waals surface area contributed by atoms with Crippen LogP contribution in [0.5, 0.6) is 0 Å². The number of rotatable bonds is 1. The average molecular weight is 219 g/mol. The van der Waals surface area contributed by atoms with E-state index in [1.54, 1.807) is 0 Å². The van der Waals surface area contributed by atoms with Gasteiger partial charge in [-0.1, -0.05) is 59.7 Å². The highest BCUT2D eigenvalue weighted by atomic mass is 14.5. The highest BCUT2D eigenvalue weighted by Crippen LogP contribution is 2.33. The lowest BCUT2D eigenvalue weighted by atomic mass is 9.76. The highest BCUT2D eigenvalue weighted by molar-refractivity contribution is 5.42. The van der Waals surface area contributed by atoms with Crippen LogP contribution in [0.15, 0.2) is 18.2 Å². The van der Waals surface area contributed by atoms with Gasteiger partial charge in [-0.05, 0) is 27.5 Å². The molecule has 0 fully saturated rings. The van der Waals surface area contributed by atoms with Crippen molar-refractivity contribution in [1.29, 1.82) is 0 Å². The topological polar surface area (TPSA) is 26.0 Å². The van der Waals surface area contributed by atoms with Gasteiger partial charge in [-0.3, -0.25) is 0 Å². The van der Waals surface area contributed by atoms with Gasteiger partial charge in [0.05, 0.1) is 0 Å².